The van der Waals surface area contributed by atoms with Gasteiger partial charge in [0.25, 0.3) is 5.71 Å². The molecule has 1 fully saturated rings. The zero-order valence-corrected chi connectivity index (χ0v) is 16.7. The molecule has 30 heavy (non-hydrogen) atoms. The van der Waals surface area contributed by atoms with Crippen LogP contribution < -0.4 is 0 Å². The fourth-order valence-corrected chi connectivity index (χ4v) is 3.98. The Bertz CT molecular complexity index is 1070. The van der Waals surface area contributed by atoms with Gasteiger partial charge < -0.3 is 9.42 Å². The number of hydrogen-bond acceptors (Lipinski definition) is 5. The van der Waals surface area contributed by atoms with Crippen molar-refractivity contribution in [1.82, 2.24) is 24.8 Å². The molecule has 0 spiro atoms. The maximum absolute atomic E-state index is 13.6. The second-order valence-electron chi connectivity index (χ2n) is 7.71. The highest BCUT2D eigenvalue weighted by atomic mass is 19.4. The van der Waals surface area contributed by atoms with Gasteiger partial charge in [-0.15, -0.1) is 0 Å². The summed E-state index contributed by atoms with van der Waals surface area (Å²) < 4.78 is 47.7. The minimum Gasteiger partial charge on any atom is -0.342 e. The van der Waals surface area contributed by atoms with Gasteiger partial charge in [0.15, 0.2) is 0 Å². The Kier molecular flexibility index (Phi) is 5.25. The summed E-state index contributed by atoms with van der Waals surface area (Å²) in [7, 11) is 0. The number of halogens is 3. The third kappa shape index (κ3) is 4.03. The fourth-order valence-electron chi connectivity index (χ4n) is 3.98. The lowest BCUT2D eigenvalue weighted by Gasteiger charge is -2.32. The molecule has 0 radical (unpaired) electrons. The summed E-state index contributed by atoms with van der Waals surface area (Å²) in [5.41, 5.74) is 0.410. The fraction of sp³-hybridized carbons (Fsp3) is 0.500. The average Bonchev–Trinajstić information content (AvgIpc) is 3.30. The molecule has 1 saturated heterocycles. The molecular weight excluding hydrogens is 399 g/mol. The number of carbonyl (C=O) groups excluding carboxylic acids is 1. The van der Waals surface area contributed by atoms with Gasteiger partial charge in [0, 0.05) is 43.9 Å². The molecule has 0 bridgehead atoms. The molecule has 0 N–H and O–H groups in total. The van der Waals surface area contributed by atoms with Gasteiger partial charge in [-0.1, -0.05) is 5.16 Å². The Balaban J connectivity index is 1.54. The van der Waals surface area contributed by atoms with Crippen molar-refractivity contribution < 1.29 is 22.5 Å². The molecular formula is C20H22F3N5O2. The Labute approximate surface area is 170 Å². The van der Waals surface area contributed by atoms with Crippen LogP contribution in [-0.2, 0) is 17.5 Å². The van der Waals surface area contributed by atoms with Gasteiger partial charge in [-0.05, 0) is 38.8 Å². The first-order valence-corrected chi connectivity index (χ1v) is 9.84. The van der Waals surface area contributed by atoms with E-state index in [1.165, 1.54) is 6.92 Å². The number of nitrogens with zero attached hydrogens (tertiary/aromatic N) is 5. The van der Waals surface area contributed by atoms with E-state index in [1.807, 2.05) is 19.2 Å². The zero-order valence-electron chi connectivity index (χ0n) is 16.7. The normalized spacial score (nSPS) is 17.6. The van der Waals surface area contributed by atoms with Crippen LogP contribution in [-0.4, -0.2) is 43.8 Å². The van der Waals surface area contributed by atoms with Crippen LogP contribution in [0.25, 0.3) is 11.1 Å². The molecule has 7 nitrogen and oxygen atoms in total. The average molecular weight is 421 g/mol. The molecule has 10 heteroatoms. The highest BCUT2D eigenvalue weighted by Crippen LogP contribution is 2.40. The summed E-state index contributed by atoms with van der Waals surface area (Å²) in [4.78, 5) is 18.4. The first-order chi connectivity index (χ1) is 14.2. The molecule has 1 amide bonds. The van der Waals surface area contributed by atoms with E-state index in [0.717, 1.165) is 11.8 Å². The number of likely N-dealkylation sites (tertiary alicyclic amines) is 1. The molecule has 4 rings (SSSR count). The summed E-state index contributed by atoms with van der Waals surface area (Å²) in [6.45, 7) is 4.71. The molecule has 1 atom stereocenters. The summed E-state index contributed by atoms with van der Waals surface area (Å²) in [6.07, 6.45) is -1.13. The number of pyridine rings is 1. The summed E-state index contributed by atoms with van der Waals surface area (Å²) in [6, 6.07) is 2.88. The lowest BCUT2D eigenvalue weighted by molar-refractivity contribution is -0.136. The Morgan fingerprint density at radius 2 is 2.10 bits per heavy atom. The minimum atomic E-state index is -4.54. The number of fused-ring (bicyclic) bond motifs is 1. The molecule has 3 aromatic rings. The lowest BCUT2D eigenvalue weighted by Crippen LogP contribution is -2.39. The zero-order chi connectivity index (χ0) is 21.5. The number of aryl methyl sites for hydroxylation is 3. The smallest absolute Gasteiger partial charge is 0.342 e. The lowest BCUT2D eigenvalue weighted by atomic mass is 9.91. The monoisotopic (exact) mass is 421 g/mol. The maximum atomic E-state index is 13.6. The van der Waals surface area contributed by atoms with Gasteiger partial charge in [0.2, 0.25) is 5.91 Å². The van der Waals surface area contributed by atoms with E-state index < -0.39 is 11.7 Å². The largest absolute Gasteiger partial charge is 0.417 e. The van der Waals surface area contributed by atoms with E-state index in [9.17, 15) is 18.0 Å². The molecule has 160 valence electrons. The maximum Gasteiger partial charge on any atom is 0.417 e. The van der Waals surface area contributed by atoms with Gasteiger partial charge >= 0.3 is 6.18 Å². The van der Waals surface area contributed by atoms with Crippen molar-refractivity contribution in [1.29, 1.82) is 0 Å². The third-order valence-corrected chi connectivity index (χ3v) is 5.40. The number of aromatic nitrogens is 4. The Morgan fingerprint density at radius 1 is 1.30 bits per heavy atom. The van der Waals surface area contributed by atoms with E-state index in [2.05, 4.69) is 15.2 Å². The first-order valence-electron chi connectivity index (χ1n) is 9.84. The Hall–Kier alpha value is -2.91. The van der Waals surface area contributed by atoms with Crippen molar-refractivity contribution in [3.8, 4) is 0 Å². The number of hydrogen-bond donors (Lipinski definition) is 0. The molecule has 0 aromatic carbocycles. The van der Waals surface area contributed by atoms with Gasteiger partial charge in [0.05, 0.1) is 22.3 Å². The topological polar surface area (TPSA) is 77.0 Å². The van der Waals surface area contributed by atoms with Crippen molar-refractivity contribution in [3.63, 3.8) is 0 Å². The van der Waals surface area contributed by atoms with Crippen LogP contribution in [0.3, 0.4) is 0 Å². The number of rotatable bonds is 4. The molecule has 1 aliphatic rings. The summed E-state index contributed by atoms with van der Waals surface area (Å²) in [5.74, 6) is -0.382. The third-order valence-electron chi connectivity index (χ3n) is 5.40. The van der Waals surface area contributed by atoms with Crippen LogP contribution in [0.5, 0.6) is 0 Å². The van der Waals surface area contributed by atoms with Crippen molar-refractivity contribution in [3.05, 3.63) is 41.0 Å². The predicted octanol–water partition coefficient (Wildman–Crippen LogP) is 3.85. The van der Waals surface area contributed by atoms with Crippen LogP contribution in [0.1, 0.15) is 47.8 Å². The van der Waals surface area contributed by atoms with E-state index >= 15 is 0 Å². The van der Waals surface area contributed by atoms with Crippen LogP contribution >= 0.6 is 0 Å². The summed E-state index contributed by atoms with van der Waals surface area (Å²) in [5, 5.41) is 8.10. The second-order valence-corrected chi connectivity index (χ2v) is 7.71. The molecule has 4 heterocycles. The van der Waals surface area contributed by atoms with E-state index in [1.54, 1.807) is 9.58 Å². The SMILES string of the molecule is Cc1cc(C(F)(F)F)c2c([C@H]3CCCN(C(=O)CCn4ccc(C)n4)C3)noc2n1. The molecule has 0 saturated carbocycles. The number of amides is 1. The van der Waals surface area contributed by atoms with Gasteiger partial charge in [-0.3, -0.25) is 9.48 Å². The van der Waals surface area contributed by atoms with Crippen LogP contribution in [0.4, 0.5) is 13.2 Å². The highest BCUT2D eigenvalue weighted by Gasteiger charge is 2.38. The Morgan fingerprint density at radius 3 is 2.80 bits per heavy atom. The van der Waals surface area contributed by atoms with Gasteiger partial charge in [-0.25, -0.2) is 4.98 Å². The quantitative estimate of drug-likeness (QED) is 0.640. The van der Waals surface area contributed by atoms with E-state index in [0.29, 0.717) is 32.5 Å². The summed E-state index contributed by atoms with van der Waals surface area (Å²) >= 11 is 0. The molecule has 0 aliphatic carbocycles. The molecule has 1 aliphatic heterocycles. The second kappa shape index (κ2) is 7.73. The minimum absolute atomic E-state index is 0.0503. The highest BCUT2D eigenvalue weighted by molar-refractivity contribution is 5.82. The standard InChI is InChI=1S/C20H22F3N5O2/c1-12-5-8-28(25-12)9-6-16(29)27-7-3-4-14(11-27)18-17-15(20(21,22)23)10-13(2)24-19(17)30-26-18/h5,8,10,14H,3-4,6-7,9,11H2,1-2H3/t14-/m0/s1. The first kappa shape index (κ1) is 20.4. The van der Waals surface area contributed by atoms with Crippen molar-refractivity contribution >= 4 is 17.0 Å². The number of alkyl halides is 3. The van der Waals surface area contributed by atoms with Crippen LogP contribution in [0.15, 0.2) is 22.9 Å². The van der Waals surface area contributed by atoms with E-state index in [-0.39, 0.29) is 40.7 Å². The van der Waals surface area contributed by atoms with Crippen LogP contribution in [0.2, 0.25) is 0 Å². The van der Waals surface area contributed by atoms with Crippen molar-refractivity contribution in [2.24, 2.45) is 0 Å². The number of piperidine rings is 1. The van der Waals surface area contributed by atoms with Gasteiger partial charge in [0.1, 0.15) is 0 Å². The number of carbonyl (C=O) groups is 1. The van der Waals surface area contributed by atoms with Crippen molar-refractivity contribution in [2.45, 2.75) is 51.7 Å². The molecule has 3 aromatic heterocycles. The predicted molar refractivity (Wildman–Crippen MR) is 102 cm³/mol. The van der Waals surface area contributed by atoms with Crippen molar-refractivity contribution in [2.75, 3.05) is 13.1 Å². The van der Waals surface area contributed by atoms with Crippen LogP contribution in [0, 0.1) is 13.8 Å². The van der Waals surface area contributed by atoms with E-state index in [4.69, 9.17) is 4.52 Å². The molecule has 0 unspecified atom stereocenters. The van der Waals surface area contributed by atoms with Gasteiger partial charge in [-0.2, -0.15) is 18.3 Å².